The molecule has 0 aromatic carbocycles. The van der Waals surface area contributed by atoms with Gasteiger partial charge in [-0.2, -0.15) is 0 Å². The number of nitrogens with zero attached hydrogens (tertiary/aromatic N) is 1. The third kappa shape index (κ3) is 1.91. The highest BCUT2D eigenvalue weighted by molar-refractivity contribution is 7.14. The molecule has 0 saturated heterocycles. The van der Waals surface area contributed by atoms with Crippen LogP contribution in [0.3, 0.4) is 0 Å². The number of ketones is 1. The van der Waals surface area contributed by atoms with Gasteiger partial charge in [0.1, 0.15) is 10.6 Å². The molecule has 1 saturated carbocycles. The maximum absolute atomic E-state index is 11.9. The Morgan fingerprint density at radius 3 is 2.61 bits per heavy atom. The van der Waals surface area contributed by atoms with Gasteiger partial charge in [0.15, 0.2) is 5.78 Å². The number of hydrogen-bond donors (Lipinski definition) is 0. The third-order valence-corrected chi connectivity index (χ3v) is 5.53. The van der Waals surface area contributed by atoms with Gasteiger partial charge in [0.25, 0.3) is 0 Å². The van der Waals surface area contributed by atoms with Crippen LogP contribution in [0.25, 0.3) is 0 Å². The zero-order valence-electron chi connectivity index (χ0n) is 10.8. The minimum absolute atomic E-state index is 0.208. The van der Waals surface area contributed by atoms with Gasteiger partial charge in [-0.15, -0.1) is 11.3 Å². The Morgan fingerprint density at radius 2 is 1.94 bits per heavy atom. The summed E-state index contributed by atoms with van der Waals surface area (Å²) in [6.45, 7) is 0. The molecule has 0 bridgehead atoms. The Labute approximate surface area is 112 Å². The summed E-state index contributed by atoms with van der Waals surface area (Å²) in [7, 11) is 1.79. The summed E-state index contributed by atoms with van der Waals surface area (Å²) in [6, 6.07) is 0. The van der Waals surface area contributed by atoms with Gasteiger partial charge in [-0.3, -0.25) is 4.79 Å². The van der Waals surface area contributed by atoms with Gasteiger partial charge in [0.2, 0.25) is 0 Å². The van der Waals surface area contributed by atoms with Crippen molar-refractivity contribution in [2.45, 2.75) is 57.0 Å². The average molecular weight is 265 g/mol. The Hall–Kier alpha value is -0.740. The topological polar surface area (TPSA) is 39.2 Å². The zero-order chi connectivity index (χ0) is 12.6. The smallest absolute Gasteiger partial charge is 0.174 e. The van der Waals surface area contributed by atoms with E-state index in [1.54, 1.807) is 18.4 Å². The highest BCUT2D eigenvalue weighted by atomic mass is 32.1. The van der Waals surface area contributed by atoms with Gasteiger partial charge in [-0.05, 0) is 25.7 Å². The number of hydrogen-bond acceptors (Lipinski definition) is 4. The molecule has 1 fully saturated rings. The summed E-state index contributed by atoms with van der Waals surface area (Å²) in [6.07, 6.45) is 8.38. The third-order valence-electron chi connectivity index (χ3n) is 4.21. The van der Waals surface area contributed by atoms with Crippen molar-refractivity contribution in [2.24, 2.45) is 0 Å². The fourth-order valence-electron chi connectivity index (χ4n) is 3.09. The first-order chi connectivity index (χ1) is 8.75. The van der Waals surface area contributed by atoms with E-state index >= 15 is 0 Å². The van der Waals surface area contributed by atoms with E-state index in [1.807, 2.05) is 0 Å². The summed E-state index contributed by atoms with van der Waals surface area (Å²) in [5, 5.41) is 1.05. The van der Waals surface area contributed by atoms with Gasteiger partial charge in [0, 0.05) is 13.5 Å². The van der Waals surface area contributed by atoms with E-state index in [0.29, 0.717) is 6.42 Å². The van der Waals surface area contributed by atoms with Crippen molar-refractivity contribution in [3.05, 3.63) is 15.6 Å². The molecular formula is C14H19NO2S. The number of thiazole rings is 1. The molecule has 4 heteroatoms. The van der Waals surface area contributed by atoms with Crippen LogP contribution in [-0.4, -0.2) is 17.9 Å². The van der Waals surface area contributed by atoms with Crippen molar-refractivity contribution in [3.63, 3.8) is 0 Å². The van der Waals surface area contributed by atoms with E-state index in [4.69, 9.17) is 9.72 Å². The summed E-state index contributed by atoms with van der Waals surface area (Å²) in [4.78, 5) is 17.5. The number of methoxy groups -OCH3 is 1. The molecule has 2 aliphatic rings. The second kappa shape index (κ2) is 4.74. The van der Waals surface area contributed by atoms with Crippen LogP contribution in [-0.2, 0) is 16.8 Å². The normalized spacial score (nSPS) is 22.8. The fourth-order valence-corrected chi connectivity index (χ4v) is 4.40. The Morgan fingerprint density at radius 1 is 1.17 bits per heavy atom. The summed E-state index contributed by atoms with van der Waals surface area (Å²) < 4.78 is 5.81. The Kier molecular flexibility index (Phi) is 3.24. The lowest BCUT2D eigenvalue weighted by Gasteiger charge is -2.34. The molecule has 1 heterocycles. The molecule has 0 radical (unpaired) electrons. The van der Waals surface area contributed by atoms with Crippen molar-refractivity contribution in [1.82, 2.24) is 4.98 Å². The number of carbonyl (C=O) groups is 1. The fraction of sp³-hybridized carbons (Fsp3) is 0.714. The SMILES string of the molecule is COC1(c2nc3c(s2)C(=O)CCC3)CCCCC1. The van der Waals surface area contributed by atoms with Crippen molar-refractivity contribution < 1.29 is 9.53 Å². The van der Waals surface area contributed by atoms with Gasteiger partial charge in [-0.25, -0.2) is 4.98 Å². The maximum atomic E-state index is 11.9. The van der Waals surface area contributed by atoms with Crippen LogP contribution in [0.5, 0.6) is 0 Å². The highest BCUT2D eigenvalue weighted by Gasteiger charge is 2.38. The lowest BCUT2D eigenvalue weighted by atomic mass is 9.85. The number of aromatic nitrogens is 1. The van der Waals surface area contributed by atoms with Crippen molar-refractivity contribution in [3.8, 4) is 0 Å². The number of ether oxygens (including phenoxy) is 1. The minimum atomic E-state index is -0.208. The molecular weight excluding hydrogens is 246 g/mol. The molecule has 1 aromatic heterocycles. The quantitative estimate of drug-likeness (QED) is 0.822. The van der Waals surface area contributed by atoms with E-state index in [0.717, 1.165) is 41.3 Å². The van der Waals surface area contributed by atoms with Crippen LogP contribution < -0.4 is 0 Å². The lowest BCUT2D eigenvalue weighted by Crippen LogP contribution is -2.30. The standard InChI is InChI=1S/C14H19NO2S/c1-17-14(8-3-2-4-9-14)13-15-10-6-5-7-11(16)12(10)18-13/h2-9H2,1H3. The number of carbonyl (C=O) groups excluding carboxylic acids is 1. The maximum Gasteiger partial charge on any atom is 0.174 e. The monoisotopic (exact) mass is 265 g/mol. The van der Waals surface area contributed by atoms with E-state index < -0.39 is 0 Å². The van der Waals surface area contributed by atoms with Gasteiger partial charge >= 0.3 is 0 Å². The first kappa shape index (κ1) is 12.3. The molecule has 0 N–H and O–H groups in total. The van der Waals surface area contributed by atoms with Crippen LogP contribution >= 0.6 is 11.3 Å². The molecule has 3 rings (SSSR count). The van der Waals surface area contributed by atoms with Crippen molar-refractivity contribution >= 4 is 17.1 Å². The van der Waals surface area contributed by atoms with Crippen LogP contribution in [0.15, 0.2) is 0 Å². The molecule has 0 aliphatic heterocycles. The van der Waals surface area contributed by atoms with Crippen LogP contribution in [0.2, 0.25) is 0 Å². The van der Waals surface area contributed by atoms with Crippen molar-refractivity contribution in [2.75, 3.05) is 7.11 Å². The van der Waals surface area contributed by atoms with Crippen LogP contribution in [0, 0.1) is 0 Å². The van der Waals surface area contributed by atoms with Gasteiger partial charge in [-0.1, -0.05) is 19.3 Å². The second-order valence-corrected chi connectivity index (χ2v) is 6.33. The Bertz CT molecular complexity index is 460. The molecule has 0 amide bonds. The molecule has 0 atom stereocenters. The van der Waals surface area contributed by atoms with E-state index in [1.165, 1.54) is 19.3 Å². The van der Waals surface area contributed by atoms with Crippen LogP contribution in [0.4, 0.5) is 0 Å². The number of fused-ring (bicyclic) bond motifs is 1. The molecule has 1 aromatic rings. The largest absolute Gasteiger partial charge is 0.371 e. The highest BCUT2D eigenvalue weighted by Crippen LogP contribution is 2.43. The summed E-state index contributed by atoms with van der Waals surface area (Å²) in [5.41, 5.74) is 0.814. The molecule has 0 unspecified atom stereocenters. The first-order valence-electron chi connectivity index (χ1n) is 6.84. The zero-order valence-corrected chi connectivity index (χ0v) is 11.6. The van der Waals surface area contributed by atoms with E-state index in [9.17, 15) is 4.79 Å². The van der Waals surface area contributed by atoms with Gasteiger partial charge < -0.3 is 4.74 Å². The molecule has 2 aliphatic carbocycles. The van der Waals surface area contributed by atoms with E-state index in [2.05, 4.69) is 0 Å². The predicted molar refractivity (Wildman–Crippen MR) is 71.2 cm³/mol. The molecule has 3 nitrogen and oxygen atoms in total. The van der Waals surface area contributed by atoms with Crippen LogP contribution in [0.1, 0.15) is 65.3 Å². The number of Topliss-reactive ketones (excluding diaryl/α,β-unsaturated/α-hetero) is 1. The van der Waals surface area contributed by atoms with E-state index in [-0.39, 0.29) is 11.4 Å². The first-order valence-corrected chi connectivity index (χ1v) is 7.65. The minimum Gasteiger partial charge on any atom is -0.371 e. The second-order valence-electron chi connectivity index (χ2n) is 5.33. The lowest BCUT2D eigenvalue weighted by molar-refractivity contribution is -0.0447. The number of aryl methyl sites for hydroxylation is 1. The average Bonchev–Trinajstić information content (AvgIpc) is 2.85. The predicted octanol–water partition coefficient (Wildman–Crippen LogP) is 3.47. The van der Waals surface area contributed by atoms with Gasteiger partial charge in [0.05, 0.1) is 10.6 Å². The Balaban J connectivity index is 1.98. The summed E-state index contributed by atoms with van der Waals surface area (Å²) in [5.74, 6) is 0.280. The number of rotatable bonds is 2. The summed E-state index contributed by atoms with van der Waals surface area (Å²) >= 11 is 1.59. The molecule has 0 spiro atoms. The van der Waals surface area contributed by atoms with Crippen molar-refractivity contribution in [1.29, 1.82) is 0 Å². The molecule has 98 valence electrons. The molecule has 18 heavy (non-hydrogen) atoms.